The van der Waals surface area contributed by atoms with E-state index in [0.717, 1.165) is 21.5 Å². The number of rotatable bonds is 4. The van der Waals surface area contributed by atoms with Gasteiger partial charge < -0.3 is 10.2 Å². The van der Waals surface area contributed by atoms with Crippen LogP contribution in [0.15, 0.2) is 28.7 Å². The summed E-state index contributed by atoms with van der Waals surface area (Å²) in [5.74, 6) is 7.65. The molecule has 0 atom stereocenters. The molecule has 0 saturated carbocycles. The number of benzene rings is 1. The smallest absolute Gasteiger partial charge is 0.165 e. The monoisotopic (exact) mass is 336 g/mol. The highest BCUT2D eigenvalue weighted by molar-refractivity contribution is 9.10. The van der Waals surface area contributed by atoms with Gasteiger partial charge in [0.2, 0.25) is 0 Å². The van der Waals surface area contributed by atoms with Crippen LogP contribution < -0.4 is 16.0 Å². The van der Waals surface area contributed by atoms with E-state index in [0.29, 0.717) is 11.6 Å². The Hall–Kier alpha value is -1.66. The van der Waals surface area contributed by atoms with E-state index in [9.17, 15) is 0 Å². The minimum absolute atomic E-state index is 0.280. The highest BCUT2D eigenvalue weighted by Crippen LogP contribution is 2.31. The zero-order chi connectivity index (χ0) is 14.7. The van der Waals surface area contributed by atoms with Gasteiger partial charge in [-0.15, -0.1) is 0 Å². The molecule has 6 heteroatoms. The predicted molar refractivity (Wildman–Crippen MR) is 83.6 cm³/mol. The molecule has 0 amide bonds. The Labute approximate surface area is 126 Å². The second-order valence-electron chi connectivity index (χ2n) is 4.65. The Morgan fingerprint density at radius 1 is 1.25 bits per heavy atom. The first-order chi connectivity index (χ1) is 9.55. The topological polar surface area (TPSA) is 73.1 Å². The molecule has 1 aromatic carbocycles. The number of nitrogens with one attached hydrogen (secondary N) is 1. The van der Waals surface area contributed by atoms with E-state index in [2.05, 4.69) is 45.2 Å². The highest BCUT2D eigenvalue weighted by Gasteiger charge is 2.13. The van der Waals surface area contributed by atoms with E-state index in [4.69, 9.17) is 10.6 Å². The summed E-state index contributed by atoms with van der Waals surface area (Å²) in [6, 6.07) is 7.56. The number of hydrogen-bond acceptors (Lipinski definition) is 5. The summed E-state index contributed by atoms with van der Waals surface area (Å²) < 4.78 is 6.32. The van der Waals surface area contributed by atoms with Crippen LogP contribution in [0.2, 0.25) is 0 Å². The molecular weight excluding hydrogens is 320 g/mol. The lowest BCUT2D eigenvalue weighted by Crippen LogP contribution is -2.11. The summed E-state index contributed by atoms with van der Waals surface area (Å²) in [5.41, 5.74) is 4.32. The van der Waals surface area contributed by atoms with E-state index >= 15 is 0 Å². The Balaban J connectivity index is 2.62. The Morgan fingerprint density at radius 2 is 2.00 bits per heavy atom. The van der Waals surface area contributed by atoms with Crippen molar-refractivity contribution in [2.45, 2.75) is 19.8 Å². The lowest BCUT2D eigenvalue weighted by Gasteiger charge is -2.12. The van der Waals surface area contributed by atoms with Gasteiger partial charge in [-0.3, -0.25) is 0 Å². The van der Waals surface area contributed by atoms with Crippen molar-refractivity contribution in [1.29, 1.82) is 0 Å². The van der Waals surface area contributed by atoms with E-state index in [1.165, 1.54) is 0 Å². The van der Waals surface area contributed by atoms with Crippen molar-refractivity contribution in [2.24, 2.45) is 5.84 Å². The molecule has 20 heavy (non-hydrogen) atoms. The molecule has 1 heterocycles. The van der Waals surface area contributed by atoms with Crippen LogP contribution in [0.25, 0.3) is 11.4 Å². The molecule has 106 valence electrons. The van der Waals surface area contributed by atoms with Crippen LogP contribution in [0, 0.1) is 0 Å². The Bertz CT molecular complexity index is 616. The molecule has 0 bridgehead atoms. The number of hydrogen-bond donors (Lipinski definition) is 2. The number of nitrogens with two attached hydrogens (primary N) is 1. The molecule has 0 radical (unpaired) electrons. The van der Waals surface area contributed by atoms with Gasteiger partial charge in [-0.25, -0.2) is 15.8 Å². The summed E-state index contributed by atoms with van der Waals surface area (Å²) in [6.45, 7) is 4.15. The maximum absolute atomic E-state index is 5.49. The van der Waals surface area contributed by atoms with Crippen molar-refractivity contribution < 1.29 is 4.74 Å². The van der Waals surface area contributed by atoms with Crippen molar-refractivity contribution in [2.75, 3.05) is 12.5 Å². The normalized spacial score (nSPS) is 10.7. The molecule has 0 spiro atoms. The highest BCUT2D eigenvalue weighted by atomic mass is 79.9. The van der Waals surface area contributed by atoms with Gasteiger partial charge in [-0.2, -0.15) is 0 Å². The minimum atomic E-state index is 0.280. The van der Waals surface area contributed by atoms with Gasteiger partial charge in [0.25, 0.3) is 0 Å². The number of nitrogen functional groups attached to an aromatic ring is 1. The van der Waals surface area contributed by atoms with Gasteiger partial charge in [-0.05, 0) is 24.1 Å². The third-order valence-electron chi connectivity index (χ3n) is 2.89. The predicted octanol–water partition coefficient (Wildman–Crippen LogP) is 3.32. The fourth-order valence-electron chi connectivity index (χ4n) is 1.81. The number of nitrogens with zero attached hydrogens (tertiary/aromatic N) is 2. The third kappa shape index (κ3) is 3.08. The summed E-state index contributed by atoms with van der Waals surface area (Å²) in [4.78, 5) is 9.00. The fraction of sp³-hybridized carbons (Fsp3) is 0.286. The average molecular weight is 337 g/mol. The summed E-state index contributed by atoms with van der Waals surface area (Å²) in [6.07, 6.45) is 0. The number of ether oxygens (including phenoxy) is 1. The molecule has 0 fully saturated rings. The van der Waals surface area contributed by atoms with E-state index in [1.54, 1.807) is 7.11 Å². The molecule has 0 aliphatic rings. The van der Waals surface area contributed by atoms with Crippen LogP contribution in [0.4, 0.5) is 5.82 Å². The molecule has 0 unspecified atom stereocenters. The van der Waals surface area contributed by atoms with Crippen LogP contribution in [-0.4, -0.2) is 17.1 Å². The molecular formula is C14H17BrN4O. The maximum Gasteiger partial charge on any atom is 0.165 e. The third-order valence-corrected chi connectivity index (χ3v) is 3.38. The fourth-order valence-corrected chi connectivity index (χ4v) is 2.17. The second-order valence-corrected chi connectivity index (χ2v) is 5.56. The molecule has 2 aromatic rings. The first-order valence-corrected chi connectivity index (χ1v) is 7.04. The molecule has 0 saturated heterocycles. The van der Waals surface area contributed by atoms with Gasteiger partial charge in [0, 0.05) is 16.2 Å². The largest absolute Gasteiger partial charge is 0.496 e. The minimum Gasteiger partial charge on any atom is -0.496 e. The molecule has 2 rings (SSSR count). The number of aromatic nitrogens is 2. The number of anilines is 1. The first kappa shape index (κ1) is 14.7. The van der Waals surface area contributed by atoms with Crippen LogP contribution in [0.5, 0.6) is 5.75 Å². The molecule has 0 aliphatic carbocycles. The lowest BCUT2D eigenvalue weighted by atomic mass is 10.1. The van der Waals surface area contributed by atoms with Gasteiger partial charge in [0.15, 0.2) is 5.82 Å². The molecule has 5 nitrogen and oxygen atoms in total. The standard InChI is InChI=1S/C14H17BrN4O/c1-8(2)11-7-13(19-16)18-14(17-11)10-6-9(15)4-5-12(10)20-3/h4-8H,16H2,1-3H3,(H,17,18,19). The lowest BCUT2D eigenvalue weighted by molar-refractivity contribution is 0.416. The average Bonchev–Trinajstić information content (AvgIpc) is 2.46. The van der Waals surface area contributed by atoms with Crippen molar-refractivity contribution in [3.05, 3.63) is 34.4 Å². The number of hydrazine groups is 1. The zero-order valence-corrected chi connectivity index (χ0v) is 13.2. The number of methoxy groups -OCH3 is 1. The second kappa shape index (κ2) is 6.19. The maximum atomic E-state index is 5.49. The van der Waals surface area contributed by atoms with Crippen molar-refractivity contribution in [3.63, 3.8) is 0 Å². The van der Waals surface area contributed by atoms with Crippen LogP contribution in [0.3, 0.4) is 0 Å². The Kier molecular flexibility index (Phi) is 4.57. The van der Waals surface area contributed by atoms with Crippen LogP contribution >= 0.6 is 15.9 Å². The molecule has 0 aliphatic heterocycles. The van der Waals surface area contributed by atoms with Gasteiger partial charge in [0.05, 0.1) is 12.7 Å². The Morgan fingerprint density at radius 3 is 2.60 bits per heavy atom. The van der Waals surface area contributed by atoms with Gasteiger partial charge in [0.1, 0.15) is 11.6 Å². The van der Waals surface area contributed by atoms with Crippen LogP contribution in [0.1, 0.15) is 25.5 Å². The van der Waals surface area contributed by atoms with Crippen LogP contribution in [-0.2, 0) is 0 Å². The number of halogens is 1. The SMILES string of the molecule is COc1ccc(Br)cc1-c1nc(NN)cc(C(C)C)n1. The molecule has 3 N–H and O–H groups in total. The van der Waals surface area contributed by atoms with Crippen molar-refractivity contribution in [3.8, 4) is 17.1 Å². The summed E-state index contributed by atoms with van der Waals surface area (Å²) in [7, 11) is 1.63. The summed E-state index contributed by atoms with van der Waals surface area (Å²) in [5, 5.41) is 0. The van der Waals surface area contributed by atoms with E-state index in [-0.39, 0.29) is 5.92 Å². The van der Waals surface area contributed by atoms with Gasteiger partial charge >= 0.3 is 0 Å². The van der Waals surface area contributed by atoms with E-state index < -0.39 is 0 Å². The van der Waals surface area contributed by atoms with Crippen molar-refractivity contribution >= 4 is 21.7 Å². The first-order valence-electron chi connectivity index (χ1n) is 6.24. The summed E-state index contributed by atoms with van der Waals surface area (Å²) >= 11 is 3.45. The molecule has 1 aromatic heterocycles. The van der Waals surface area contributed by atoms with Crippen molar-refractivity contribution in [1.82, 2.24) is 9.97 Å². The zero-order valence-electron chi connectivity index (χ0n) is 11.6. The van der Waals surface area contributed by atoms with Gasteiger partial charge in [-0.1, -0.05) is 29.8 Å². The van der Waals surface area contributed by atoms with E-state index in [1.807, 2.05) is 24.3 Å². The quantitative estimate of drug-likeness (QED) is 0.661.